The fourth-order valence-electron chi connectivity index (χ4n) is 1.98. The standard InChI is InChI=1S/C15H17ClN2O2S/c1-3-11-7-8-12(9-14(11)17)21(19,20)18-15-6-4-5-13(16)10(15)2/h4-9,18H,3,17H2,1-2H3. The third-order valence-corrected chi connectivity index (χ3v) is 5.09. The van der Waals surface area contributed by atoms with Crippen LogP contribution in [0.3, 0.4) is 0 Å². The van der Waals surface area contributed by atoms with Gasteiger partial charge in [-0.15, -0.1) is 0 Å². The van der Waals surface area contributed by atoms with Crippen molar-refractivity contribution in [1.82, 2.24) is 0 Å². The minimum absolute atomic E-state index is 0.136. The molecule has 0 radical (unpaired) electrons. The van der Waals surface area contributed by atoms with Gasteiger partial charge in [-0.05, 0) is 48.7 Å². The normalized spacial score (nSPS) is 11.4. The van der Waals surface area contributed by atoms with Crippen LogP contribution in [0.4, 0.5) is 11.4 Å². The quantitative estimate of drug-likeness (QED) is 0.844. The molecule has 0 fully saturated rings. The van der Waals surface area contributed by atoms with E-state index in [-0.39, 0.29) is 4.90 Å². The van der Waals surface area contributed by atoms with Crippen molar-refractivity contribution in [3.05, 3.63) is 52.5 Å². The number of hydrogen-bond donors (Lipinski definition) is 2. The van der Waals surface area contributed by atoms with Crippen molar-refractivity contribution in [2.24, 2.45) is 0 Å². The van der Waals surface area contributed by atoms with Gasteiger partial charge in [0.15, 0.2) is 0 Å². The zero-order valence-electron chi connectivity index (χ0n) is 11.9. The second-order valence-electron chi connectivity index (χ2n) is 4.73. The van der Waals surface area contributed by atoms with Crippen LogP contribution in [-0.4, -0.2) is 8.42 Å². The predicted octanol–water partition coefficient (Wildman–Crippen LogP) is 3.59. The number of anilines is 2. The van der Waals surface area contributed by atoms with Crippen LogP contribution >= 0.6 is 11.6 Å². The minimum Gasteiger partial charge on any atom is -0.398 e. The van der Waals surface area contributed by atoms with E-state index in [1.165, 1.54) is 6.07 Å². The Bertz CT molecular complexity index is 773. The highest BCUT2D eigenvalue weighted by Crippen LogP contribution is 2.26. The summed E-state index contributed by atoms with van der Waals surface area (Å²) < 4.78 is 27.4. The predicted molar refractivity (Wildman–Crippen MR) is 87.2 cm³/mol. The number of hydrogen-bond acceptors (Lipinski definition) is 3. The SMILES string of the molecule is CCc1ccc(S(=O)(=O)Nc2cccc(Cl)c2C)cc1N. The molecule has 0 aliphatic carbocycles. The maximum absolute atomic E-state index is 12.4. The van der Waals surface area contributed by atoms with Crippen molar-refractivity contribution in [1.29, 1.82) is 0 Å². The average Bonchev–Trinajstić information content (AvgIpc) is 2.43. The van der Waals surface area contributed by atoms with Crippen LogP contribution in [0, 0.1) is 6.92 Å². The molecule has 0 aliphatic heterocycles. The maximum atomic E-state index is 12.4. The van der Waals surface area contributed by atoms with E-state index in [4.69, 9.17) is 17.3 Å². The van der Waals surface area contributed by atoms with Crippen molar-refractivity contribution >= 4 is 33.0 Å². The molecule has 0 bridgehead atoms. The van der Waals surface area contributed by atoms with Crippen LogP contribution in [-0.2, 0) is 16.4 Å². The molecule has 0 amide bonds. The summed E-state index contributed by atoms with van der Waals surface area (Å²) in [5.74, 6) is 0. The number of nitrogens with two attached hydrogens (primary N) is 1. The fourth-order valence-corrected chi connectivity index (χ4v) is 3.32. The van der Waals surface area contributed by atoms with E-state index in [0.717, 1.165) is 12.0 Å². The summed E-state index contributed by atoms with van der Waals surface area (Å²) in [6, 6.07) is 9.83. The Morgan fingerprint density at radius 2 is 1.95 bits per heavy atom. The first-order valence-electron chi connectivity index (χ1n) is 6.51. The molecule has 0 aliphatic rings. The van der Waals surface area contributed by atoms with Gasteiger partial charge in [-0.2, -0.15) is 0 Å². The summed E-state index contributed by atoms with van der Waals surface area (Å²) in [6.45, 7) is 3.72. The van der Waals surface area contributed by atoms with E-state index in [1.54, 1.807) is 37.3 Å². The molecule has 0 heterocycles. The zero-order valence-corrected chi connectivity index (χ0v) is 13.4. The number of rotatable bonds is 4. The van der Waals surface area contributed by atoms with Crippen LogP contribution in [0.2, 0.25) is 5.02 Å². The molecule has 2 rings (SSSR count). The summed E-state index contributed by atoms with van der Waals surface area (Å²) in [4.78, 5) is 0.136. The summed E-state index contributed by atoms with van der Waals surface area (Å²) in [6.07, 6.45) is 0.757. The highest BCUT2D eigenvalue weighted by molar-refractivity contribution is 7.92. The summed E-state index contributed by atoms with van der Waals surface area (Å²) in [5.41, 5.74) is 8.40. The van der Waals surface area contributed by atoms with Crippen molar-refractivity contribution in [3.63, 3.8) is 0 Å². The number of aryl methyl sites for hydroxylation is 1. The van der Waals surface area contributed by atoms with E-state index in [2.05, 4.69) is 4.72 Å². The molecule has 0 spiro atoms. The molecule has 21 heavy (non-hydrogen) atoms. The lowest BCUT2D eigenvalue weighted by Gasteiger charge is -2.12. The van der Waals surface area contributed by atoms with Gasteiger partial charge in [-0.25, -0.2) is 8.42 Å². The van der Waals surface area contributed by atoms with Gasteiger partial charge in [-0.3, -0.25) is 4.72 Å². The number of halogens is 1. The summed E-state index contributed by atoms with van der Waals surface area (Å²) in [7, 11) is -3.69. The van der Waals surface area contributed by atoms with Gasteiger partial charge in [0.05, 0.1) is 10.6 Å². The Hall–Kier alpha value is -1.72. The number of sulfonamides is 1. The fraction of sp³-hybridized carbons (Fsp3) is 0.200. The number of benzene rings is 2. The molecule has 0 unspecified atom stereocenters. The lowest BCUT2D eigenvalue weighted by Crippen LogP contribution is -2.14. The molecular formula is C15H17ClN2O2S. The Morgan fingerprint density at radius 3 is 2.57 bits per heavy atom. The van der Waals surface area contributed by atoms with Crippen molar-refractivity contribution in [2.75, 3.05) is 10.5 Å². The van der Waals surface area contributed by atoms with Crippen molar-refractivity contribution < 1.29 is 8.42 Å². The highest BCUT2D eigenvalue weighted by atomic mass is 35.5. The maximum Gasteiger partial charge on any atom is 0.261 e. The minimum atomic E-state index is -3.69. The first kappa shape index (κ1) is 15.7. The molecular weight excluding hydrogens is 308 g/mol. The monoisotopic (exact) mass is 324 g/mol. The van der Waals surface area contributed by atoms with Gasteiger partial charge >= 0.3 is 0 Å². The van der Waals surface area contributed by atoms with Crippen LogP contribution in [0.15, 0.2) is 41.3 Å². The lowest BCUT2D eigenvalue weighted by atomic mass is 10.1. The molecule has 0 saturated carbocycles. The van der Waals surface area contributed by atoms with Gasteiger partial charge in [0.1, 0.15) is 0 Å². The molecule has 3 N–H and O–H groups in total. The molecule has 4 nitrogen and oxygen atoms in total. The molecule has 0 atom stereocenters. The van der Waals surface area contributed by atoms with Crippen molar-refractivity contribution in [3.8, 4) is 0 Å². The molecule has 2 aromatic rings. The van der Waals surface area contributed by atoms with Gasteiger partial charge in [0.2, 0.25) is 0 Å². The Morgan fingerprint density at radius 1 is 1.24 bits per heavy atom. The first-order valence-corrected chi connectivity index (χ1v) is 8.37. The van der Waals surface area contributed by atoms with E-state index >= 15 is 0 Å². The summed E-state index contributed by atoms with van der Waals surface area (Å²) >= 11 is 6.00. The zero-order chi connectivity index (χ0) is 15.6. The highest BCUT2D eigenvalue weighted by Gasteiger charge is 2.17. The Labute approximate surface area is 130 Å². The van der Waals surface area contributed by atoms with E-state index in [1.807, 2.05) is 6.92 Å². The van der Waals surface area contributed by atoms with Crippen LogP contribution < -0.4 is 10.5 Å². The molecule has 112 valence electrons. The topological polar surface area (TPSA) is 72.2 Å². The lowest BCUT2D eigenvalue weighted by molar-refractivity contribution is 0.601. The van der Waals surface area contributed by atoms with Crippen molar-refractivity contribution in [2.45, 2.75) is 25.2 Å². The van der Waals surface area contributed by atoms with Crippen LogP contribution in [0.1, 0.15) is 18.1 Å². The summed E-state index contributed by atoms with van der Waals surface area (Å²) in [5, 5.41) is 0.510. The second kappa shape index (κ2) is 5.95. The van der Waals surface area contributed by atoms with E-state index in [9.17, 15) is 8.42 Å². The van der Waals surface area contributed by atoms with Gasteiger partial charge in [-0.1, -0.05) is 30.7 Å². The molecule has 6 heteroatoms. The molecule has 0 aromatic heterocycles. The Kier molecular flexibility index (Phi) is 4.44. The third kappa shape index (κ3) is 3.31. The Balaban J connectivity index is 2.39. The van der Waals surface area contributed by atoms with Gasteiger partial charge < -0.3 is 5.73 Å². The first-order chi connectivity index (χ1) is 9.85. The number of nitrogen functional groups attached to an aromatic ring is 1. The largest absolute Gasteiger partial charge is 0.398 e. The van der Waals surface area contributed by atoms with Gasteiger partial charge in [0.25, 0.3) is 10.0 Å². The molecule has 0 saturated heterocycles. The number of nitrogens with one attached hydrogen (secondary N) is 1. The smallest absolute Gasteiger partial charge is 0.261 e. The van der Waals surface area contributed by atoms with Crippen LogP contribution in [0.25, 0.3) is 0 Å². The van der Waals surface area contributed by atoms with E-state index < -0.39 is 10.0 Å². The van der Waals surface area contributed by atoms with E-state index in [0.29, 0.717) is 22.0 Å². The van der Waals surface area contributed by atoms with Gasteiger partial charge in [0, 0.05) is 10.7 Å². The molecule has 2 aromatic carbocycles. The second-order valence-corrected chi connectivity index (χ2v) is 6.82. The van der Waals surface area contributed by atoms with Crippen LogP contribution in [0.5, 0.6) is 0 Å². The average molecular weight is 325 g/mol. The third-order valence-electron chi connectivity index (χ3n) is 3.32.